The Bertz CT molecular complexity index is 576. The zero-order valence-electron chi connectivity index (χ0n) is 11.8. The number of halogens is 2. The molecule has 0 saturated carbocycles. The van der Waals surface area contributed by atoms with Gasteiger partial charge in [0.2, 0.25) is 5.91 Å². The monoisotopic (exact) mass is 357 g/mol. The molecule has 0 aliphatic carbocycles. The number of amides is 1. The summed E-state index contributed by atoms with van der Waals surface area (Å²) in [6, 6.07) is 3.33. The highest BCUT2D eigenvalue weighted by Crippen LogP contribution is 2.41. The maximum absolute atomic E-state index is 13.6. The van der Waals surface area contributed by atoms with Crippen molar-refractivity contribution >= 4 is 27.8 Å². The molecular weight excluding hydrogens is 341 g/mol. The van der Waals surface area contributed by atoms with Crippen LogP contribution in [-0.4, -0.2) is 27.9 Å². The summed E-state index contributed by atoms with van der Waals surface area (Å²) in [5.41, 5.74) is 0.504. The van der Waals surface area contributed by atoms with E-state index in [1.165, 1.54) is 12.1 Å². The molecule has 21 heavy (non-hydrogen) atoms. The third-order valence-electron chi connectivity index (χ3n) is 3.79. The highest BCUT2D eigenvalue weighted by atomic mass is 79.9. The lowest BCUT2D eigenvalue weighted by Gasteiger charge is -2.42. The number of carbonyl (C=O) groups excluding carboxylic acids is 1. The third kappa shape index (κ3) is 3.10. The fraction of sp³-hybridized carbons (Fsp3) is 0.467. The summed E-state index contributed by atoms with van der Waals surface area (Å²) < 4.78 is 14.2. The Morgan fingerprint density at radius 3 is 2.71 bits per heavy atom. The van der Waals surface area contributed by atoms with Gasteiger partial charge in [0.25, 0.3) is 0 Å². The first-order valence-corrected chi connectivity index (χ1v) is 7.61. The zero-order chi connectivity index (χ0) is 15.7. The lowest BCUT2D eigenvalue weighted by molar-refractivity contribution is -0.153. The van der Waals surface area contributed by atoms with Gasteiger partial charge in [0.1, 0.15) is 5.82 Å². The number of rotatable bonds is 3. The van der Waals surface area contributed by atoms with Crippen molar-refractivity contribution in [2.75, 3.05) is 0 Å². The van der Waals surface area contributed by atoms with E-state index in [4.69, 9.17) is 0 Å². The van der Waals surface area contributed by atoms with E-state index in [0.29, 0.717) is 10.0 Å². The standard InChI is InChI=1S/C15H17BrFNO3/c1-8(2)18-13(19)6-4-10(15(20)21)14(18)11-7-9(17)3-5-12(11)16/h3,5,7-8,10,14H,4,6H2,1-2H3,(H,20,21). The van der Waals surface area contributed by atoms with Crippen LogP contribution in [0.1, 0.15) is 38.3 Å². The van der Waals surface area contributed by atoms with Gasteiger partial charge in [-0.05, 0) is 44.0 Å². The maximum Gasteiger partial charge on any atom is 0.308 e. The first kappa shape index (κ1) is 15.9. The van der Waals surface area contributed by atoms with E-state index in [1.54, 1.807) is 11.0 Å². The summed E-state index contributed by atoms with van der Waals surface area (Å²) in [5, 5.41) is 9.47. The third-order valence-corrected chi connectivity index (χ3v) is 4.51. The van der Waals surface area contributed by atoms with E-state index >= 15 is 0 Å². The van der Waals surface area contributed by atoms with Crippen LogP contribution in [0.2, 0.25) is 0 Å². The average Bonchev–Trinajstić information content (AvgIpc) is 2.40. The number of likely N-dealkylation sites (tertiary alicyclic amines) is 1. The predicted octanol–water partition coefficient (Wildman–Crippen LogP) is 3.36. The number of nitrogens with zero attached hydrogens (tertiary/aromatic N) is 1. The van der Waals surface area contributed by atoms with Crippen molar-refractivity contribution in [2.45, 2.75) is 38.8 Å². The fourth-order valence-corrected chi connectivity index (χ4v) is 3.37. The molecule has 0 aromatic heterocycles. The molecule has 2 unspecified atom stereocenters. The van der Waals surface area contributed by atoms with E-state index in [0.717, 1.165) is 0 Å². The quantitative estimate of drug-likeness (QED) is 0.902. The molecule has 6 heteroatoms. The molecule has 1 aliphatic heterocycles. The van der Waals surface area contributed by atoms with Crippen LogP contribution in [0, 0.1) is 11.7 Å². The summed E-state index contributed by atoms with van der Waals surface area (Å²) in [5.74, 6) is -2.24. The minimum Gasteiger partial charge on any atom is -0.481 e. The van der Waals surface area contributed by atoms with Crippen molar-refractivity contribution in [2.24, 2.45) is 5.92 Å². The van der Waals surface area contributed by atoms with Gasteiger partial charge in [-0.1, -0.05) is 15.9 Å². The largest absolute Gasteiger partial charge is 0.481 e. The lowest BCUT2D eigenvalue weighted by Crippen LogP contribution is -2.48. The van der Waals surface area contributed by atoms with Crippen molar-refractivity contribution in [3.8, 4) is 0 Å². The van der Waals surface area contributed by atoms with Crippen molar-refractivity contribution in [1.82, 2.24) is 4.90 Å². The van der Waals surface area contributed by atoms with Gasteiger partial charge in [0.15, 0.2) is 0 Å². The topological polar surface area (TPSA) is 57.6 Å². The van der Waals surface area contributed by atoms with Crippen LogP contribution in [0.5, 0.6) is 0 Å². The molecule has 114 valence electrons. The van der Waals surface area contributed by atoms with Crippen LogP contribution in [-0.2, 0) is 9.59 Å². The summed E-state index contributed by atoms with van der Waals surface area (Å²) in [6.45, 7) is 3.67. The van der Waals surface area contributed by atoms with Crippen LogP contribution in [0.25, 0.3) is 0 Å². The molecule has 1 aliphatic rings. The SMILES string of the molecule is CC(C)N1C(=O)CCC(C(=O)O)C1c1cc(F)ccc1Br. The van der Waals surface area contributed by atoms with Crippen LogP contribution in [0.15, 0.2) is 22.7 Å². The van der Waals surface area contributed by atoms with Gasteiger partial charge >= 0.3 is 5.97 Å². The number of aliphatic carboxylic acids is 1. The number of hydrogen-bond donors (Lipinski definition) is 1. The maximum atomic E-state index is 13.6. The smallest absolute Gasteiger partial charge is 0.308 e. The van der Waals surface area contributed by atoms with Gasteiger partial charge in [0.05, 0.1) is 12.0 Å². The molecule has 1 fully saturated rings. The van der Waals surface area contributed by atoms with Gasteiger partial charge in [-0.3, -0.25) is 9.59 Å². The minimum absolute atomic E-state index is 0.0938. The van der Waals surface area contributed by atoms with E-state index in [-0.39, 0.29) is 24.8 Å². The molecule has 0 radical (unpaired) electrons. The molecule has 1 aromatic rings. The second-order valence-electron chi connectivity index (χ2n) is 5.49. The molecule has 2 rings (SSSR count). The molecule has 2 atom stereocenters. The first-order chi connectivity index (χ1) is 9.82. The first-order valence-electron chi connectivity index (χ1n) is 6.82. The number of carboxylic acid groups (broad SMARTS) is 1. The Kier molecular flexibility index (Phi) is 4.66. The molecule has 1 heterocycles. The predicted molar refractivity (Wildman–Crippen MR) is 79.2 cm³/mol. The Morgan fingerprint density at radius 1 is 1.48 bits per heavy atom. The second kappa shape index (κ2) is 6.13. The number of hydrogen-bond acceptors (Lipinski definition) is 2. The summed E-state index contributed by atoms with van der Waals surface area (Å²) >= 11 is 3.34. The Labute approximate surface area is 131 Å². The Balaban J connectivity index is 2.56. The van der Waals surface area contributed by atoms with E-state index in [2.05, 4.69) is 15.9 Å². The van der Waals surface area contributed by atoms with Crippen LogP contribution < -0.4 is 0 Å². The van der Waals surface area contributed by atoms with Crippen molar-refractivity contribution in [3.63, 3.8) is 0 Å². The number of benzene rings is 1. The van der Waals surface area contributed by atoms with Gasteiger partial charge in [-0.15, -0.1) is 0 Å². The molecule has 4 nitrogen and oxygen atoms in total. The molecule has 0 spiro atoms. The second-order valence-corrected chi connectivity index (χ2v) is 6.34. The lowest BCUT2D eigenvalue weighted by atomic mass is 9.83. The molecular formula is C15H17BrFNO3. The number of carboxylic acids is 1. The molecule has 1 aromatic carbocycles. The van der Waals surface area contributed by atoms with Gasteiger partial charge in [-0.2, -0.15) is 0 Å². The molecule has 1 N–H and O–H groups in total. The van der Waals surface area contributed by atoms with Crippen molar-refractivity contribution in [3.05, 3.63) is 34.1 Å². The minimum atomic E-state index is -0.964. The average molecular weight is 358 g/mol. The Hall–Kier alpha value is -1.43. The van der Waals surface area contributed by atoms with Crippen molar-refractivity contribution < 1.29 is 19.1 Å². The summed E-state index contributed by atoms with van der Waals surface area (Å²) in [6.07, 6.45) is 0.476. The Morgan fingerprint density at radius 2 is 2.14 bits per heavy atom. The van der Waals surface area contributed by atoms with E-state index < -0.39 is 23.7 Å². The van der Waals surface area contributed by atoms with E-state index in [9.17, 15) is 19.1 Å². The number of piperidine rings is 1. The molecule has 0 bridgehead atoms. The molecule has 1 amide bonds. The van der Waals surface area contributed by atoms with Gasteiger partial charge < -0.3 is 10.0 Å². The normalized spacial score (nSPS) is 22.7. The number of carbonyl (C=O) groups is 2. The highest BCUT2D eigenvalue weighted by molar-refractivity contribution is 9.10. The van der Waals surface area contributed by atoms with Crippen LogP contribution in [0.3, 0.4) is 0 Å². The van der Waals surface area contributed by atoms with E-state index in [1.807, 2.05) is 13.8 Å². The van der Waals surface area contributed by atoms with Crippen molar-refractivity contribution in [1.29, 1.82) is 0 Å². The van der Waals surface area contributed by atoms with Gasteiger partial charge in [0, 0.05) is 16.9 Å². The van der Waals surface area contributed by atoms with Crippen LogP contribution in [0.4, 0.5) is 4.39 Å². The fourth-order valence-electron chi connectivity index (χ4n) is 2.89. The zero-order valence-corrected chi connectivity index (χ0v) is 13.4. The summed E-state index contributed by atoms with van der Waals surface area (Å²) in [4.78, 5) is 25.3. The van der Waals surface area contributed by atoms with Crippen LogP contribution >= 0.6 is 15.9 Å². The highest BCUT2D eigenvalue weighted by Gasteiger charge is 2.42. The molecule has 1 saturated heterocycles. The summed E-state index contributed by atoms with van der Waals surface area (Å²) in [7, 11) is 0. The van der Waals surface area contributed by atoms with Gasteiger partial charge in [-0.25, -0.2) is 4.39 Å².